The molecule has 0 radical (unpaired) electrons. The molecule has 0 aliphatic heterocycles. The minimum atomic E-state index is -0.989. The molecule has 0 rings (SSSR count). The van der Waals surface area contributed by atoms with Gasteiger partial charge in [0.15, 0.2) is 0 Å². The van der Waals surface area contributed by atoms with Crippen molar-refractivity contribution in [2.24, 2.45) is 17.6 Å². The highest BCUT2D eigenvalue weighted by Gasteiger charge is 2.21. The molecule has 0 aliphatic rings. The van der Waals surface area contributed by atoms with Gasteiger partial charge < -0.3 is 15.7 Å². The van der Waals surface area contributed by atoms with Gasteiger partial charge in [0.1, 0.15) is 6.54 Å². The van der Waals surface area contributed by atoms with E-state index in [1.54, 1.807) is 0 Å². The fraction of sp³-hybridized carbons (Fsp3) is 0.833. The van der Waals surface area contributed by atoms with E-state index in [9.17, 15) is 9.59 Å². The second-order valence-corrected chi connectivity index (χ2v) is 5.17. The Hall–Kier alpha value is -1.10. The number of carboxylic acid groups (broad SMARTS) is 1. The number of carbonyl (C=O) groups is 2. The van der Waals surface area contributed by atoms with Crippen LogP contribution in [0.5, 0.6) is 0 Å². The van der Waals surface area contributed by atoms with Gasteiger partial charge in [-0.1, -0.05) is 27.7 Å². The number of carbonyl (C=O) groups excluding carboxylic acids is 1. The number of nitrogens with two attached hydrogens (primary N) is 1. The maximum Gasteiger partial charge on any atom is 0.323 e. The fourth-order valence-electron chi connectivity index (χ4n) is 1.43. The van der Waals surface area contributed by atoms with Crippen LogP contribution in [0.15, 0.2) is 0 Å². The van der Waals surface area contributed by atoms with Gasteiger partial charge in [-0.25, -0.2) is 0 Å². The minimum Gasteiger partial charge on any atom is -0.480 e. The molecule has 0 bridgehead atoms. The Balaban J connectivity index is 4.46. The van der Waals surface area contributed by atoms with E-state index in [1.165, 1.54) is 4.90 Å². The molecule has 0 aliphatic carbocycles. The van der Waals surface area contributed by atoms with Crippen LogP contribution in [0.1, 0.15) is 34.1 Å². The first kappa shape index (κ1) is 15.9. The monoisotopic (exact) mass is 244 g/mol. The van der Waals surface area contributed by atoms with Crippen molar-refractivity contribution < 1.29 is 14.7 Å². The Labute approximate surface area is 103 Å². The van der Waals surface area contributed by atoms with Gasteiger partial charge in [-0.05, 0) is 11.8 Å². The van der Waals surface area contributed by atoms with E-state index >= 15 is 0 Å². The summed E-state index contributed by atoms with van der Waals surface area (Å²) in [5, 5.41) is 8.76. The standard InChI is InChI=1S/C12H24N2O3/c1-8(2)6-14(7-12(16)17)11(15)5-10(13)9(3)4/h8-10H,5-7,13H2,1-4H3,(H,16,17). The smallest absolute Gasteiger partial charge is 0.323 e. The second-order valence-electron chi connectivity index (χ2n) is 5.17. The van der Waals surface area contributed by atoms with Crippen LogP contribution in [0, 0.1) is 11.8 Å². The van der Waals surface area contributed by atoms with E-state index in [0.717, 1.165) is 0 Å². The molecule has 3 N–H and O–H groups in total. The predicted octanol–water partition coefficient (Wildman–Crippen LogP) is 0.929. The van der Waals surface area contributed by atoms with Crippen LogP contribution < -0.4 is 5.73 Å². The molecule has 0 aromatic heterocycles. The molecule has 0 spiro atoms. The largest absolute Gasteiger partial charge is 0.480 e. The molecule has 1 atom stereocenters. The van der Waals surface area contributed by atoms with Crippen molar-refractivity contribution in [3.63, 3.8) is 0 Å². The Morgan fingerprint density at radius 1 is 1.24 bits per heavy atom. The summed E-state index contributed by atoms with van der Waals surface area (Å²) in [5.74, 6) is -0.710. The number of amides is 1. The average molecular weight is 244 g/mol. The van der Waals surface area contributed by atoms with Crippen molar-refractivity contribution in [2.75, 3.05) is 13.1 Å². The summed E-state index contributed by atoms with van der Waals surface area (Å²) < 4.78 is 0. The van der Waals surface area contributed by atoms with E-state index in [-0.39, 0.29) is 36.8 Å². The Kier molecular flexibility index (Phi) is 6.80. The molecule has 0 fully saturated rings. The van der Waals surface area contributed by atoms with Gasteiger partial charge >= 0.3 is 5.97 Å². The Bertz CT molecular complexity index is 264. The van der Waals surface area contributed by atoms with Crippen molar-refractivity contribution in [2.45, 2.75) is 40.2 Å². The van der Waals surface area contributed by atoms with Crippen LogP contribution in [-0.2, 0) is 9.59 Å². The van der Waals surface area contributed by atoms with Crippen LogP contribution >= 0.6 is 0 Å². The predicted molar refractivity (Wildman–Crippen MR) is 66.5 cm³/mol. The number of carboxylic acids is 1. The second kappa shape index (κ2) is 7.27. The summed E-state index contributed by atoms with van der Waals surface area (Å²) in [6.07, 6.45) is 0.206. The topological polar surface area (TPSA) is 83.6 Å². The van der Waals surface area contributed by atoms with Crippen molar-refractivity contribution >= 4 is 11.9 Å². The van der Waals surface area contributed by atoms with E-state index in [0.29, 0.717) is 6.54 Å². The van der Waals surface area contributed by atoms with Crippen molar-refractivity contribution in [1.29, 1.82) is 0 Å². The number of hydrogen-bond acceptors (Lipinski definition) is 3. The number of nitrogens with zero attached hydrogens (tertiary/aromatic N) is 1. The maximum atomic E-state index is 11.9. The summed E-state index contributed by atoms with van der Waals surface area (Å²) in [7, 11) is 0. The maximum absolute atomic E-state index is 11.9. The third-order valence-corrected chi connectivity index (χ3v) is 2.53. The SMILES string of the molecule is CC(C)CN(CC(=O)O)C(=O)CC(N)C(C)C. The lowest BCUT2D eigenvalue weighted by Crippen LogP contribution is -2.42. The highest BCUT2D eigenvalue weighted by Crippen LogP contribution is 2.07. The lowest BCUT2D eigenvalue weighted by molar-refractivity contribution is -0.145. The number of hydrogen-bond donors (Lipinski definition) is 2. The molecule has 17 heavy (non-hydrogen) atoms. The summed E-state index contributed by atoms with van der Waals surface area (Å²) in [4.78, 5) is 24.0. The zero-order valence-electron chi connectivity index (χ0n) is 11.1. The molecular formula is C12H24N2O3. The van der Waals surface area contributed by atoms with Gasteiger partial charge in [0.2, 0.25) is 5.91 Å². The van der Waals surface area contributed by atoms with Crippen LogP contribution in [0.4, 0.5) is 0 Å². The molecular weight excluding hydrogens is 220 g/mol. The Morgan fingerprint density at radius 2 is 1.76 bits per heavy atom. The third kappa shape index (κ3) is 6.94. The first-order valence-electron chi connectivity index (χ1n) is 5.99. The van der Waals surface area contributed by atoms with E-state index in [1.807, 2.05) is 27.7 Å². The summed E-state index contributed by atoms with van der Waals surface area (Å²) in [6.45, 7) is 8.00. The lowest BCUT2D eigenvalue weighted by Gasteiger charge is -2.25. The fourth-order valence-corrected chi connectivity index (χ4v) is 1.43. The third-order valence-electron chi connectivity index (χ3n) is 2.53. The van der Waals surface area contributed by atoms with Gasteiger partial charge in [0.05, 0.1) is 0 Å². The van der Waals surface area contributed by atoms with Gasteiger partial charge in [-0.15, -0.1) is 0 Å². The first-order chi connectivity index (χ1) is 7.73. The van der Waals surface area contributed by atoms with Gasteiger partial charge in [-0.2, -0.15) is 0 Å². The molecule has 0 heterocycles. The number of aliphatic carboxylic acids is 1. The van der Waals surface area contributed by atoms with Crippen LogP contribution in [0.3, 0.4) is 0 Å². The van der Waals surface area contributed by atoms with E-state index in [4.69, 9.17) is 10.8 Å². The van der Waals surface area contributed by atoms with E-state index in [2.05, 4.69) is 0 Å². The molecule has 5 heteroatoms. The van der Waals surface area contributed by atoms with Crippen LogP contribution in [-0.4, -0.2) is 41.0 Å². The van der Waals surface area contributed by atoms with Crippen LogP contribution in [0.2, 0.25) is 0 Å². The average Bonchev–Trinajstić information content (AvgIpc) is 2.14. The molecule has 5 nitrogen and oxygen atoms in total. The molecule has 0 aromatic rings. The van der Waals surface area contributed by atoms with E-state index < -0.39 is 5.97 Å². The van der Waals surface area contributed by atoms with Crippen molar-refractivity contribution in [1.82, 2.24) is 4.90 Å². The lowest BCUT2D eigenvalue weighted by atomic mass is 10.0. The molecule has 1 unspecified atom stereocenters. The van der Waals surface area contributed by atoms with Crippen molar-refractivity contribution in [3.8, 4) is 0 Å². The zero-order valence-corrected chi connectivity index (χ0v) is 11.1. The summed E-state index contributed by atoms with van der Waals surface area (Å²) >= 11 is 0. The summed E-state index contributed by atoms with van der Waals surface area (Å²) in [6, 6.07) is -0.217. The highest BCUT2D eigenvalue weighted by atomic mass is 16.4. The first-order valence-corrected chi connectivity index (χ1v) is 5.99. The normalized spacial score (nSPS) is 12.9. The molecule has 0 saturated carbocycles. The number of rotatable bonds is 7. The minimum absolute atomic E-state index is 0.178. The van der Waals surface area contributed by atoms with Gasteiger partial charge in [-0.3, -0.25) is 9.59 Å². The van der Waals surface area contributed by atoms with Gasteiger partial charge in [0, 0.05) is 19.0 Å². The quantitative estimate of drug-likeness (QED) is 0.697. The van der Waals surface area contributed by atoms with Crippen molar-refractivity contribution in [3.05, 3.63) is 0 Å². The molecule has 0 aromatic carbocycles. The zero-order chi connectivity index (χ0) is 13.6. The molecule has 100 valence electrons. The Morgan fingerprint density at radius 3 is 2.12 bits per heavy atom. The summed E-state index contributed by atoms with van der Waals surface area (Å²) in [5.41, 5.74) is 5.82. The molecule has 1 amide bonds. The van der Waals surface area contributed by atoms with Gasteiger partial charge in [0.25, 0.3) is 0 Å². The highest BCUT2D eigenvalue weighted by molar-refractivity contribution is 5.81. The molecule has 0 saturated heterocycles. The van der Waals surface area contributed by atoms with Crippen LogP contribution in [0.25, 0.3) is 0 Å².